The van der Waals surface area contributed by atoms with Crippen molar-refractivity contribution in [3.05, 3.63) is 52.4 Å². The zero-order valence-corrected chi connectivity index (χ0v) is 12.3. The summed E-state index contributed by atoms with van der Waals surface area (Å²) in [6, 6.07) is 9.17. The number of hydrogen-bond donors (Lipinski definition) is 2. The fourth-order valence-electron chi connectivity index (χ4n) is 1.84. The average Bonchev–Trinajstić information content (AvgIpc) is 2.93. The predicted octanol–water partition coefficient (Wildman–Crippen LogP) is 3.47. The Bertz CT molecular complexity index is 608. The molecule has 2 N–H and O–H groups in total. The van der Waals surface area contributed by atoms with Gasteiger partial charge in [-0.2, -0.15) is 0 Å². The van der Waals surface area contributed by atoms with Crippen molar-refractivity contribution in [1.82, 2.24) is 5.32 Å². The molecule has 0 saturated heterocycles. The fraction of sp³-hybridized carbons (Fsp3) is 0.267. The third-order valence-electron chi connectivity index (χ3n) is 2.97. The van der Waals surface area contributed by atoms with E-state index in [1.165, 1.54) is 0 Å². The van der Waals surface area contributed by atoms with Crippen LogP contribution in [0.2, 0.25) is 5.02 Å². The van der Waals surface area contributed by atoms with Crippen LogP contribution in [0.25, 0.3) is 0 Å². The zero-order valence-electron chi connectivity index (χ0n) is 11.5. The number of nitrogens with one attached hydrogen (secondary N) is 2. The first-order chi connectivity index (χ1) is 9.63. The number of anilines is 1. The number of furan rings is 1. The quantitative estimate of drug-likeness (QED) is 0.887. The minimum Gasteiger partial charge on any atom is -0.464 e. The number of hydrogen-bond acceptors (Lipinski definition) is 3. The van der Waals surface area contributed by atoms with Gasteiger partial charge in [0.15, 0.2) is 0 Å². The van der Waals surface area contributed by atoms with Crippen molar-refractivity contribution in [2.24, 2.45) is 0 Å². The normalized spacial score (nSPS) is 10.3. The molecule has 0 saturated carbocycles. The van der Waals surface area contributed by atoms with Gasteiger partial charge < -0.3 is 15.1 Å². The lowest BCUT2D eigenvalue weighted by Gasteiger charge is -2.08. The molecular weight excluding hydrogens is 276 g/mol. The van der Waals surface area contributed by atoms with Crippen LogP contribution in [0.3, 0.4) is 0 Å². The number of carbonyl (C=O) groups is 1. The Hall–Kier alpha value is -1.94. The Morgan fingerprint density at radius 2 is 2.00 bits per heavy atom. The van der Waals surface area contributed by atoms with Gasteiger partial charge in [0.1, 0.15) is 11.5 Å². The van der Waals surface area contributed by atoms with Gasteiger partial charge in [0.25, 0.3) is 5.91 Å². The molecule has 5 heteroatoms. The molecule has 1 heterocycles. The van der Waals surface area contributed by atoms with E-state index in [9.17, 15) is 4.79 Å². The van der Waals surface area contributed by atoms with E-state index in [0.717, 1.165) is 23.6 Å². The van der Waals surface area contributed by atoms with Crippen LogP contribution in [0.1, 0.15) is 28.8 Å². The summed E-state index contributed by atoms with van der Waals surface area (Å²) in [6.07, 6.45) is 0.877. The molecule has 0 unspecified atom stereocenters. The van der Waals surface area contributed by atoms with Gasteiger partial charge in [0.2, 0.25) is 0 Å². The molecule has 0 spiro atoms. The largest absolute Gasteiger partial charge is 0.464 e. The van der Waals surface area contributed by atoms with Gasteiger partial charge in [-0.25, -0.2) is 0 Å². The standard InChI is InChI=1S/C15H17ClN2O2/c1-3-11-5-6-12(20-11)9-18-10-4-7-14(16)13(8-10)15(19)17-2/h4-8,18H,3,9H2,1-2H3,(H,17,19). The zero-order chi connectivity index (χ0) is 14.5. The van der Waals surface area contributed by atoms with E-state index in [0.29, 0.717) is 17.1 Å². The molecule has 0 bridgehead atoms. The Balaban J connectivity index is 2.08. The number of amides is 1. The highest BCUT2D eigenvalue weighted by Crippen LogP contribution is 2.21. The molecule has 1 amide bonds. The van der Waals surface area contributed by atoms with E-state index in [2.05, 4.69) is 10.6 Å². The molecule has 1 aromatic heterocycles. The topological polar surface area (TPSA) is 54.3 Å². The van der Waals surface area contributed by atoms with Crippen LogP contribution in [-0.2, 0) is 13.0 Å². The van der Waals surface area contributed by atoms with Crippen molar-refractivity contribution in [3.63, 3.8) is 0 Å². The minimum atomic E-state index is -0.204. The maximum absolute atomic E-state index is 11.7. The molecule has 0 fully saturated rings. The smallest absolute Gasteiger partial charge is 0.252 e. The van der Waals surface area contributed by atoms with Crippen molar-refractivity contribution in [2.45, 2.75) is 19.9 Å². The van der Waals surface area contributed by atoms with Crippen molar-refractivity contribution in [1.29, 1.82) is 0 Å². The summed E-state index contributed by atoms with van der Waals surface area (Å²) in [5.74, 6) is 1.62. The second-order valence-electron chi connectivity index (χ2n) is 4.35. The van der Waals surface area contributed by atoms with Crippen LogP contribution in [-0.4, -0.2) is 13.0 Å². The Labute approximate surface area is 123 Å². The maximum atomic E-state index is 11.7. The van der Waals surface area contributed by atoms with Crippen LogP contribution in [0.15, 0.2) is 34.7 Å². The molecule has 1 aromatic carbocycles. The van der Waals surface area contributed by atoms with E-state index in [1.54, 1.807) is 19.2 Å². The van der Waals surface area contributed by atoms with E-state index >= 15 is 0 Å². The molecule has 0 aliphatic heterocycles. The number of carbonyl (C=O) groups excluding carboxylic acids is 1. The van der Waals surface area contributed by atoms with Crippen molar-refractivity contribution < 1.29 is 9.21 Å². The van der Waals surface area contributed by atoms with Crippen molar-refractivity contribution in [3.8, 4) is 0 Å². The summed E-state index contributed by atoms with van der Waals surface area (Å²) in [4.78, 5) is 11.7. The van der Waals surface area contributed by atoms with Crippen molar-refractivity contribution >= 4 is 23.2 Å². The summed E-state index contributed by atoms with van der Waals surface area (Å²) in [6.45, 7) is 2.61. The van der Waals surface area contributed by atoms with Gasteiger partial charge in [-0.05, 0) is 30.3 Å². The van der Waals surface area contributed by atoms with E-state index in [-0.39, 0.29) is 5.91 Å². The predicted molar refractivity (Wildman–Crippen MR) is 80.3 cm³/mol. The second kappa shape index (κ2) is 6.48. The lowest BCUT2D eigenvalue weighted by Crippen LogP contribution is -2.18. The molecule has 0 atom stereocenters. The van der Waals surface area contributed by atoms with Gasteiger partial charge in [-0.15, -0.1) is 0 Å². The molecule has 0 aliphatic rings. The van der Waals surface area contributed by atoms with Gasteiger partial charge in [-0.1, -0.05) is 18.5 Å². The highest BCUT2D eigenvalue weighted by atomic mass is 35.5. The fourth-order valence-corrected chi connectivity index (χ4v) is 2.04. The van der Waals surface area contributed by atoms with E-state index in [4.69, 9.17) is 16.0 Å². The van der Waals surface area contributed by atoms with E-state index in [1.807, 2.05) is 25.1 Å². The number of benzene rings is 1. The lowest BCUT2D eigenvalue weighted by molar-refractivity contribution is 0.0963. The third kappa shape index (κ3) is 3.33. The number of halogens is 1. The van der Waals surface area contributed by atoms with Crippen LogP contribution in [0.4, 0.5) is 5.69 Å². The van der Waals surface area contributed by atoms with Crippen LogP contribution < -0.4 is 10.6 Å². The summed E-state index contributed by atoms with van der Waals surface area (Å²) < 4.78 is 5.61. The maximum Gasteiger partial charge on any atom is 0.252 e. The molecule has 2 rings (SSSR count). The van der Waals surface area contributed by atoms with Crippen LogP contribution >= 0.6 is 11.6 Å². The highest BCUT2D eigenvalue weighted by Gasteiger charge is 2.09. The molecule has 0 radical (unpaired) electrons. The minimum absolute atomic E-state index is 0.204. The Morgan fingerprint density at radius 1 is 1.25 bits per heavy atom. The first-order valence-corrected chi connectivity index (χ1v) is 6.85. The second-order valence-corrected chi connectivity index (χ2v) is 4.76. The molecule has 106 valence electrons. The first kappa shape index (κ1) is 14.5. The number of rotatable bonds is 5. The van der Waals surface area contributed by atoms with Crippen LogP contribution in [0.5, 0.6) is 0 Å². The van der Waals surface area contributed by atoms with Gasteiger partial charge in [0, 0.05) is 19.2 Å². The van der Waals surface area contributed by atoms with Gasteiger partial charge in [0.05, 0.1) is 17.1 Å². The number of aryl methyl sites for hydroxylation is 1. The third-order valence-corrected chi connectivity index (χ3v) is 3.30. The molecule has 20 heavy (non-hydrogen) atoms. The van der Waals surface area contributed by atoms with Gasteiger partial charge >= 0.3 is 0 Å². The summed E-state index contributed by atoms with van der Waals surface area (Å²) in [7, 11) is 1.58. The molecule has 0 aliphatic carbocycles. The average molecular weight is 293 g/mol. The monoisotopic (exact) mass is 292 g/mol. The molecule has 2 aromatic rings. The molecular formula is C15H17ClN2O2. The first-order valence-electron chi connectivity index (χ1n) is 6.47. The lowest BCUT2D eigenvalue weighted by atomic mass is 10.2. The van der Waals surface area contributed by atoms with Crippen LogP contribution in [0, 0.1) is 0 Å². The van der Waals surface area contributed by atoms with E-state index < -0.39 is 0 Å². The summed E-state index contributed by atoms with van der Waals surface area (Å²) in [5, 5.41) is 6.21. The Kier molecular flexibility index (Phi) is 4.69. The molecule has 4 nitrogen and oxygen atoms in total. The van der Waals surface area contributed by atoms with Gasteiger partial charge in [-0.3, -0.25) is 4.79 Å². The summed E-state index contributed by atoms with van der Waals surface area (Å²) >= 11 is 6.00. The SMILES string of the molecule is CCc1ccc(CNc2ccc(Cl)c(C(=O)NC)c2)o1. The Morgan fingerprint density at radius 3 is 2.65 bits per heavy atom. The van der Waals surface area contributed by atoms with Crippen molar-refractivity contribution in [2.75, 3.05) is 12.4 Å². The highest BCUT2D eigenvalue weighted by molar-refractivity contribution is 6.34. The summed E-state index contributed by atoms with van der Waals surface area (Å²) in [5.41, 5.74) is 1.27.